The zero-order valence-corrected chi connectivity index (χ0v) is 20.2. The van der Waals surface area contributed by atoms with Crippen LogP contribution in [0, 0.1) is 5.82 Å². The molecule has 0 fully saturated rings. The third-order valence-electron chi connectivity index (χ3n) is 5.60. The van der Waals surface area contributed by atoms with Crippen molar-refractivity contribution in [3.63, 3.8) is 0 Å². The van der Waals surface area contributed by atoms with Gasteiger partial charge in [0.2, 0.25) is 0 Å². The molecule has 2 heterocycles. The van der Waals surface area contributed by atoms with Gasteiger partial charge in [-0.2, -0.15) is 0 Å². The Hall–Kier alpha value is -3.97. The Labute approximate surface area is 207 Å². The van der Waals surface area contributed by atoms with Crippen LogP contribution in [-0.4, -0.2) is 17.1 Å². The lowest BCUT2D eigenvalue weighted by atomic mass is 10.1. The number of hydrogen-bond donors (Lipinski definition) is 1. The van der Waals surface area contributed by atoms with Gasteiger partial charge >= 0.3 is 0 Å². The fraction of sp³-hybridized carbons (Fsp3) is 0.143. The van der Waals surface area contributed by atoms with Crippen molar-refractivity contribution < 1.29 is 13.9 Å². The second-order valence-corrected chi connectivity index (χ2v) is 8.87. The summed E-state index contributed by atoms with van der Waals surface area (Å²) in [6.45, 7) is 2.12. The second kappa shape index (κ2) is 10.1. The maximum atomic E-state index is 15.0. The molecule has 176 valence electrons. The molecule has 1 N–H and O–H groups in total. The van der Waals surface area contributed by atoms with Gasteiger partial charge in [0, 0.05) is 34.3 Å². The van der Waals surface area contributed by atoms with Crippen molar-refractivity contribution in [3.8, 4) is 28.5 Å². The van der Waals surface area contributed by atoms with E-state index in [1.165, 1.54) is 17.4 Å². The molecule has 0 aliphatic carbocycles. The number of aromatic nitrogens is 2. The summed E-state index contributed by atoms with van der Waals surface area (Å²) in [6, 6.07) is 20.4. The summed E-state index contributed by atoms with van der Waals surface area (Å²) in [6.07, 6.45) is 3.56. The van der Waals surface area contributed by atoms with Gasteiger partial charge in [-0.05, 0) is 42.3 Å². The van der Waals surface area contributed by atoms with Crippen LogP contribution in [0.4, 0.5) is 15.2 Å². The van der Waals surface area contributed by atoms with Crippen LogP contribution in [0.15, 0.2) is 78.3 Å². The van der Waals surface area contributed by atoms with E-state index in [1.54, 1.807) is 31.5 Å². The molecular formula is C28H24FN3O2S. The predicted octanol–water partition coefficient (Wildman–Crippen LogP) is 7.99. The first-order chi connectivity index (χ1) is 17.1. The van der Waals surface area contributed by atoms with Crippen LogP contribution in [0.5, 0.6) is 17.2 Å². The zero-order valence-electron chi connectivity index (χ0n) is 19.4. The number of nitrogens with zero attached hydrogens (tertiary/aromatic N) is 2. The lowest BCUT2D eigenvalue weighted by molar-refractivity contribution is 0.409. The fourth-order valence-electron chi connectivity index (χ4n) is 3.91. The maximum Gasteiger partial charge on any atom is 0.187 e. The van der Waals surface area contributed by atoms with Gasteiger partial charge in [-0.15, -0.1) is 11.3 Å². The number of thiazole rings is 1. The van der Waals surface area contributed by atoms with Crippen LogP contribution in [0.1, 0.15) is 18.9 Å². The number of aryl methyl sites for hydroxylation is 1. The molecule has 5 nitrogen and oxygen atoms in total. The fourth-order valence-corrected chi connectivity index (χ4v) is 4.65. The summed E-state index contributed by atoms with van der Waals surface area (Å²) >= 11 is 1.47. The van der Waals surface area contributed by atoms with Gasteiger partial charge in [-0.3, -0.25) is 4.98 Å². The van der Waals surface area contributed by atoms with Crippen LogP contribution < -0.4 is 14.8 Å². The number of pyridine rings is 1. The van der Waals surface area contributed by atoms with Crippen molar-refractivity contribution in [3.05, 3.63) is 89.7 Å². The van der Waals surface area contributed by atoms with E-state index < -0.39 is 5.82 Å². The number of anilines is 2. The molecule has 0 spiro atoms. The molecule has 7 heteroatoms. The highest BCUT2D eigenvalue weighted by Gasteiger charge is 2.13. The van der Waals surface area contributed by atoms with E-state index in [2.05, 4.69) is 22.2 Å². The molecule has 0 amide bonds. The summed E-state index contributed by atoms with van der Waals surface area (Å²) in [5.41, 5.74) is 4.37. The van der Waals surface area contributed by atoms with Gasteiger partial charge in [-0.1, -0.05) is 43.7 Å². The number of ether oxygens (including phenoxy) is 2. The van der Waals surface area contributed by atoms with Crippen molar-refractivity contribution in [1.82, 2.24) is 9.97 Å². The maximum absolute atomic E-state index is 15.0. The molecule has 3 aromatic carbocycles. The van der Waals surface area contributed by atoms with E-state index in [0.29, 0.717) is 16.6 Å². The quantitative estimate of drug-likeness (QED) is 0.241. The average molecular weight is 486 g/mol. The van der Waals surface area contributed by atoms with Crippen molar-refractivity contribution in [2.24, 2.45) is 0 Å². The topological polar surface area (TPSA) is 56.3 Å². The molecule has 2 aromatic heterocycles. The van der Waals surface area contributed by atoms with Crippen LogP contribution in [0.2, 0.25) is 0 Å². The van der Waals surface area contributed by atoms with E-state index in [9.17, 15) is 4.39 Å². The minimum absolute atomic E-state index is 0.128. The third kappa shape index (κ3) is 4.95. The minimum Gasteiger partial charge on any atom is -0.496 e. The van der Waals surface area contributed by atoms with Gasteiger partial charge in [0.1, 0.15) is 11.5 Å². The van der Waals surface area contributed by atoms with Gasteiger partial charge in [0.05, 0.1) is 18.3 Å². The highest BCUT2D eigenvalue weighted by atomic mass is 32.1. The van der Waals surface area contributed by atoms with E-state index in [0.717, 1.165) is 46.3 Å². The van der Waals surface area contributed by atoms with Crippen molar-refractivity contribution in [1.29, 1.82) is 0 Å². The van der Waals surface area contributed by atoms with E-state index in [4.69, 9.17) is 9.47 Å². The number of benzene rings is 3. The molecule has 0 bridgehead atoms. The molecule has 0 saturated heterocycles. The molecule has 35 heavy (non-hydrogen) atoms. The van der Waals surface area contributed by atoms with Gasteiger partial charge in [-0.25, -0.2) is 9.37 Å². The monoisotopic (exact) mass is 485 g/mol. The Morgan fingerprint density at radius 2 is 1.83 bits per heavy atom. The first kappa shape index (κ1) is 22.8. The van der Waals surface area contributed by atoms with E-state index in [-0.39, 0.29) is 5.75 Å². The predicted molar refractivity (Wildman–Crippen MR) is 140 cm³/mol. The lowest BCUT2D eigenvalue weighted by Crippen LogP contribution is -1.96. The lowest BCUT2D eigenvalue weighted by Gasteiger charge is -2.13. The molecule has 5 rings (SSSR count). The summed E-state index contributed by atoms with van der Waals surface area (Å²) in [5, 5.41) is 6.60. The second-order valence-electron chi connectivity index (χ2n) is 8.02. The van der Waals surface area contributed by atoms with E-state index in [1.807, 2.05) is 47.8 Å². The summed E-state index contributed by atoms with van der Waals surface area (Å²) < 4.78 is 26.5. The van der Waals surface area contributed by atoms with E-state index >= 15 is 0 Å². The number of rotatable bonds is 8. The van der Waals surface area contributed by atoms with Gasteiger partial charge in [0.25, 0.3) is 0 Å². The first-order valence-corrected chi connectivity index (χ1v) is 12.2. The standard InChI is InChI=1S/C28H24FN3O2S/c1-3-7-19-14-23-21(16-27(19)33-2)25(12-13-30-23)34-26-11-10-20(15-22(26)29)31-28-32-24(17-35-28)18-8-5-4-6-9-18/h4-6,8-17H,3,7H2,1-2H3,(H,31,32). The highest BCUT2D eigenvalue weighted by Crippen LogP contribution is 2.36. The Morgan fingerprint density at radius 3 is 2.60 bits per heavy atom. The van der Waals surface area contributed by atoms with Crippen molar-refractivity contribution in [2.75, 3.05) is 12.4 Å². The summed E-state index contributed by atoms with van der Waals surface area (Å²) in [5.74, 6) is 0.942. The number of hydrogen-bond acceptors (Lipinski definition) is 6. The van der Waals surface area contributed by atoms with Crippen LogP contribution in [-0.2, 0) is 6.42 Å². The third-order valence-corrected chi connectivity index (χ3v) is 6.36. The Kier molecular flexibility index (Phi) is 6.59. The Balaban J connectivity index is 1.37. The zero-order chi connectivity index (χ0) is 24.2. The Bertz CT molecular complexity index is 1470. The minimum atomic E-state index is -0.477. The summed E-state index contributed by atoms with van der Waals surface area (Å²) in [4.78, 5) is 9.07. The molecule has 0 unspecified atom stereocenters. The molecule has 0 radical (unpaired) electrons. The largest absolute Gasteiger partial charge is 0.496 e. The van der Waals surface area contributed by atoms with Crippen molar-refractivity contribution >= 4 is 33.1 Å². The molecule has 5 aromatic rings. The SMILES string of the molecule is CCCc1cc2nccc(Oc3ccc(Nc4nc(-c5ccccc5)cs4)cc3F)c2cc1OC. The average Bonchev–Trinajstić information content (AvgIpc) is 3.34. The highest BCUT2D eigenvalue weighted by molar-refractivity contribution is 7.14. The number of methoxy groups -OCH3 is 1. The number of halogens is 1. The number of nitrogens with one attached hydrogen (secondary N) is 1. The number of fused-ring (bicyclic) bond motifs is 1. The van der Waals surface area contributed by atoms with Gasteiger partial charge < -0.3 is 14.8 Å². The van der Waals surface area contributed by atoms with Crippen LogP contribution >= 0.6 is 11.3 Å². The van der Waals surface area contributed by atoms with Crippen LogP contribution in [0.3, 0.4) is 0 Å². The molecule has 0 aliphatic heterocycles. The molecule has 0 saturated carbocycles. The normalized spacial score (nSPS) is 10.9. The van der Waals surface area contributed by atoms with Crippen LogP contribution in [0.25, 0.3) is 22.2 Å². The molecule has 0 atom stereocenters. The summed E-state index contributed by atoms with van der Waals surface area (Å²) in [7, 11) is 1.65. The Morgan fingerprint density at radius 1 is 0.971 bits per heavy atom. The molecule has 0 aliphatic rings. The first-order valence-electron chi connectivity index (χ1n) is 11.4. The van der Waals surface area contributed by atoms with Crippen molar-refractivity contribution in [2.45, 2.75) is 19.8 Å². The van der Waals surface area contributed by atoms with Gasteiger partial charge in [0.15, 0.2) is 16.7 Å². The smallest absolute Gasteiger partial charge is 0.187 e. The molecular weight excluding hydrogens is 461 g/mol.